The predicted octanol–water partition coefficient (Wildman–Crippen LogP) is 5.24. The lowest BCUT2D eigenvalue weighted by Crippen LogP contribution is -2.36. The highest BCUT2D eigenvalue weighted by atomic mass is 19.1. The fraction of sp³-hybridized carbons (Fsp3) is 0.458. The van der Waals surface area contributed by atoms with Crippen LogP contribution < -0.4 is 14.8 Å². The van der Waals surface area contributed by atoms with E-state index in [4.69, 9.17) is 14.2 Å². The molecule has 2 rings (SSSR count). The summed E-state index contributed by atoms with van der Waals surface area (Å²) in [5, 5.41) is 2.93. The fourth-order valence-corrected chi connectivity index (χ4v) is 3.28. The number of alkyl carbamates (subject to hydrolysis) is 1. The van der Waals surface area contributed by atoms with E-state index in [-0.39, 0.29) is 19.3 Å². The van der Waals surface area contributed by atoms with Gasteiger partial charge in [0, 0.05) is 6.04 Å². The van der Waals surface area contributed by atoms with Crippen LogP contribution in [0.25, 0.3) is 0 Å². The van der Waals surface area contributed by atoms with Crippen molar-refractivity contribution in [2.24, 2.45) is 0 Å². The molecule has 1 N–H and O–H groups in total. The number of benzene rings is 2. The minimum atomic E-state index is -0.445. The van der Waals surface area contributed by atoms with Crippen molar-refractivity contribution in [3.63, 3.8) is 0 Å². The zero-order chi connectivity index (χ0) is 21.8. The first kappa shape index (κ1) is 23.5. The molecule has 0 fully saturated rings. The first-order valence-electron chi connectivity index (χ1n) is 10.4. The first-order valence-corrected chi connectivity index (χ1v) is 10.4. The van der Waals surface area contributed by atoms with Gasteiger partial charge in [0.25, 0.3) is 0 Å². The van der Waals surface area contributed by atoms with Crippen LogP contribution in [0.5, 0.6) is 11.5 Å². The number of nitrogens with one attached hydrogen (secondary N) is 1. The Morgan fingerprint density at radius 2 is 1.70 bits per heavy atom. The molecule has 0 saturated heterocycles. The highest BCUT2D eigenvalue weighted by Crippen LogP contribution is 2.31. The smallest absolute Gasteiger partial charge is 0.407 e. The van der Waals surface area contributed by atoms with E-state index in [0.717, 1.165) is 47.5 Å². The molecule has 0 radical (unpaired) electrons. The Balaban J connectivity index is 2.02. The molecule has 2 aromatic rings. The van der Waals surface area contributed by atoms with Gasteiger partial charge in [0.05, 0.1) is 20.9 Å². The Morgan fingerprint density at radius 3 is 2.33 bits per heavy atom. The molecule has 2 aromatic carbocycles. The average Bonchev–Trinajstić information content (AvgIpc) is 2.78. The number of carbonyl (C=O) groups is 1. The Hall–Kier alpha value is -2.76. The fourth-order valence-electron chi connectivity index (χ4n) is 3.28. The molecule has 0 aromatic heterocycles. The first-order chi connectivity index (χ1) is 14.6. The molecule has 0 saturated carbocycles. The van der Waals surface area contributed by atoms with Crippen LogP contribution in [0, 0.1) is 0 Å². The number of carbonyl (C=O) groups excluding carboxylic acids is 1. The van der Waals surface area contributed by atoms with Crippen LogP contribution in [0.4, 0.5) is 9.18 Å². The zero-order valence-corrected chi connectivity index (χ0v) is 18.1. The van der Waals surface area contributed by atoms with Crippen molar-refractivity contribution in [1.29, 1.82) is 0 Å². The van der Waals surface area contributed by atoms with Gasteiger partial charge in [0.2, 0.25) is 0 Å². The Kier molecular flexibility index (Phi) is 9.98. The van der Waals surface area contributed by atoms with Gasteiger partial charge in [-0.15, -0.1) is 0 Å². The number of aryl methyl sites for hydroxylation is 1. The zero-order valence-electron chi connectivity index (χ0n) is 18.1. The lowest BCUT2D eigenvalue weighted by molar-refractivity contribution is 0.135. The van der Waals surface area contributed by atoms with Gasteiger partial charge in [0.1, 0.15) is 18.1 Å². The number of hydrogen-bond donors (Lipinski definition) is 1. The second-order valence-electron chi connectivity index (χ2n) is 7.14. The molecule has 0 aliphatic rings. The molecule has 0 aliphatic heterocycles. The predicted molar refractivity (Wildman–Crippen MR) is 116 cm³/mol. The molecule has 0 spiro atoms. The lowest BCUT2D eigenvalue weighted by atomic mass is 9.98. The minimum absolute atomic E-state index is 0.107. The van der Waals surface area contributed by atoms with Gasteiger partial charge in [-0.25, -0.2) is 4.79 Å². The molecule has 1 atom stereocenters. The monoisotopic (exact) mass is 417 g/mol. The quantitative estimate of drug-likeness (QED) is 0.480. The van der Waals surface area contributed by atoms with Gasteiger partial charge in [-0.2, -0.15) is 0 Å². The second kappa shape index (κ2) is 12.7. The summed E-state index contributed by atoms with van der Waals surface area (Å²) in [7, 11) is 3.25. The van der Waals surface area contributed by atoms with Crippen molar-refractivity contribution >= 4 is 6.09 Å². The van der Waals surface area contributed by atoms with E-state index in [0.29, 0.717) is 12.8 Å². The van der Waals surface area contributed by atoms with Crippen molar-refractivity contribution in [2.45, 2.75) is 51.7 Å². The number of ether oxygens (including phenoxy) is 3. The van der Waals surface area contributed by atoms with Crippen molar-refractivity contribution in [3.8, 4) is 11.5 Å². The minimum Gasteiger partial charge on any atom is -0.496 e. The van der Waals surface area contributed by atoms with E-state index in [1.165, 1.54) is 0 Å². The number of hydrogen-bond acceptors (Lipinski definition) is 4. The number of rotatable bonds is 12. The Labute approximate surface area is 178 Å². The van der Waals surface area contributed by atoms with Crippen molar-refractivity contribution in [2.75, 3.05) is 20.9 Å². The normalized spacial score (nSPS) is 11.6. The summed E-state index contributed by atoms with van der Waals surface area (Å²) in [6.45, 7) is 1.92. The van der Waals surface area contributed by atoms with Gasteiger partial charge >= 0.3 is 6.09 Å². The van der Waals surface area contributed by atoms with Crippen LogP contribution >= 0.6 is 0 Å². The van der Waals surface area contributed by atoms with E-state index < -0.39 is 6.09 Å². The molecular weight excluding hydrogens is 385 g/mol. The van der Waals surface area contributed by atoms with E-state index in [1.807, 2.05) is 49.4 Å². The molecule has 1 unspecified atom stereocenters. The highest BCUT2D eigenvalue weighted by molar-refractivity contribution is 5.67. The van der Waals surface area contributed by atoms with E-state index >= 15 is 0 Å². The van der Waals surface area contributed by atoms with Crippen LogP contribution in [0.2, 0.25) is 0 Å². The summed E-state index contributed by atoms with van der Waals surface area (Å²) in [5.74, 6) is 1.50. The summed E-state index contributed by atoms with van der Waals surface area (Å²) >= 11 is 0. The maximum absolute atomic E-state index is 12.4. The number of amides is 1. The summed E-state index contributed by atoms with van der Waals surface area (Å²) in [6, 6.07) is 13.4. The average molecular weight is 418 g/mol. The molecule has 5 nitrogen and oxygen atoms in total. The molecular formula is C24H32FNO4. The summed E-state index contributed by atoms with van der Waals surface area (Å²) in [5.41, 5.74) is 2.88. The van der Waals surface area contributed by atoms with Gasteiger partial charge in [-0.05, 0) is 60.9 Å². The van der Waals surface area contributed by atoms with Crippen LogP contribution in [-0.4, -0.2) is 33.0 Å². The number of methoxy groups -OCH3 is 2. The number of unbranched alkanes of at least 4 members (excludes halogenated alkanes) is 1. The second-order valence-corrected chi connectivity index (χ2v) is 7.14. The van der Waals surface area contributed by atoms with Gasteiger partial charge < -0.3 is 19.5 Å². The van der Waals surface area contributed by atoms with E-state index in [2.05, 4.69) is 5.32 Å². The Bertz CT molecular complexity index is 782. The molecule has 0 heterocycles. The van der Waals surface area contributed by atoms with Crippen LogP contribution in [0.15, 0.2) is 42.5 Å². The highest BCUT2D eigenvalue weighted by Gasteiger charge is 2.17. The third-order valence-corrected chi connectivity index (χ3v) is 5.01. The van der Waals surface area contributed by atoms with E-state index in [9.17, 15) is 9.18 Å². The number of halogens is 1. The maximum atomic E-state index is 12.4. The molecule has 0 bridgehead atoms. The van der Waals surface area contributed by atoms with E-state index in [1.54, 1.807) is 14.2 Å². The summed E-state index contributed by atoms with van der Waals surface area (Å²) in [4.78, 5) is 12.2. The summed E-state index contributed by atoms with van der Waals surface area (Å²) < 4.78 is 28.9. The maximum Gasteiger partial charge on any atom is 0.407 e. The van der Waals surface area contributed by atoms with Crippen molar-refractivity contribution < 1.29 is 23.4 Å². The molecule has 0 aliphatic carbocycles. The number of alkyl halides is 1. The van der Waals surface area contributed by atoms with Crippen LogP contribution in [0.1, 0.15) is 42.9 Å². The summed E-state index contributed by atoms with van der Waals surface area (Å²) in [6.07, 6.45) is 2.89. The van der Waals surface area contributed by atoms with Gasteiger partial charge in [-0.3, -0.25) is 4.39 Å². The SMILES string of the molecule is CCC(Cc1cc(OC)c(CCCCF)cc1OC)NC(=O)OCc1ccccc1. The molecule has 6 heteroatoms. The lowest BCUT2D eigenvalue weighted by Gasteiger charge is -2.20. The van der Waals surface area contributed by atoms with Gasteiger partial charge in [-0.1, -0.05) is 37.3 Å². The molecule has 164 valence electrons. The standard InChI is InChI=1S/C24H32FNO4/c1-4-21(26-24(27)30-17-18-10-6-5-7-11-18)14-20-16-22(28-2)19(12-8-9-13-25)15-23(20)29-3/h5-7,10-11,15-16,21H,4,8-9,12-14,17H2,1-3H3,(H,26,27). The third kappa shape index (κ3) is 7.25. The van der Waals surface area contributed by atoms with Crippen LogP contribution in [0.3, 0.4) is 0 Å². The van der Waals surface area contributed by atoms with Crippen molar-refractivity contribution in [3.05, 3.63) is 59.2 Å². The van der Waals surface area contributed by atoms with Crippen LogP contribution in [-0.2, 0) is 24.2 Å². The third-order valence-electron chi connectivity index (χ3n) is 5.01. The van der Waals surface area contributed by atoms with Gasteiger partial charge in [0.15, 0.2) is 0 Å². The molecule has 1 amide bonds. The topological polar surface area (TPSA) is 56.8 Å². The Morgan fingerprint density at radius 1 is 1.03 bits per heavy atom. The molecule has 30 heavy (non-hydrogen) atoms. The largest absolute Gasteiger partial charge is 0.496 e. The van der Waals surface area contributed by atoms with Crippen molar-refractivity contribution in [1.82, 2.24) is 5.32 Å².